The van der Waals surface area contributed by atoms with E-state index in [0.29, 0.717) is 12.2 Å². The number of hydrogen-bond donors (Lipinski definition) is 1. The van der Waals surface area contributed by atoms with Gasteiger partial charge in [-0.1, -0.05) is 17.7 Å². The summed E-state index contributed by atoms with van der Waals surface area (Å²) in [5, 5.41) is 7.26. The van der Waals surface area contributed by atoms with E-state index in [1.807, 2.05) is 0 Å². The second-order valence-electron chi connectivity index (χ2n) is 3.77. The molecule has 0 aliphatic heterocycles. The highest BCUT2D eigenvalue weighted by Gasteiger charge is 2.07. The van der Waals surface area contributed by atoms with Gasteiger partial charge < -0.3 is 10.1 Å². The van der Waals surface area contributed by atoms with Gasteiger partial charge in [0.2, 0.25) is 0 Å². The molecular formula is C12H18ClN3O2. The number of aromatic nitrogens is 2. The van der Waals surface area contributed by atoms with Crippen molar-refractivity contribution in [2.45, 2.75) is 19.4 Å². The molecule has 6 heteroatoms. The van der Waals surface area contributed by atoms with Crippen LogP contribution >= 0.6 is 11.6 Å². The molecule has 100 valence electrons. The summed E-state index contributed by atoms with van der Waals surface area (Å²) < 4.78 is 6.22. The molecule has 0 aromatic carbocycles. The minimum Gasteiger partial charge on any atom is -0.385 e. The van der Waals surface area contributed by atoms with Crippen LogP contribution in [0.15, 0.2) is 23.6 Å². The number of ether oxygens (including phenoxy) is 1. The summed E-state index contributed by atoms with van der Waals surface area (Å²) in [7, 11) is 1.67. The van der Waals surface area contributed by atoms with E-state index in [-0.39, 0.29) is 10.6 Å². The molecule has 0 unspecified atom stereocenters. The zero-order chi connectivity index (χ0) is 13.4. The summed E-state index contributed by atoms with van der Waals surface area (Å²) >= 11 is 5.98. The Hall–Kier alpha value is -1.33. The molecule has 0 saturated heterocycles. The lowest BCUT2D eigenvalue weighted by atomic mass is 10.3. The van der Waals surface area contributed by atoms with E-state index in [2.05, 4.69) is 17.0 Å². The average molecular weight is 272 g/mol. The Balaban J connectivity index is 2.59. The first-order valence-electron chi connectivity index (χ1n) is 5.80. The van der Waals surface area contributed by atoms with Gasteiger partial charge in [0, 0.05) is 20.3 Å². The van der Waals surface area contributed by atoms with Crippen LogP contribution in [-0.2, 0) is 11.3 Å². The summed E-state index contributed by atoms with van der Waals surface area (Å²) in [6, 6.07) is 0. The third-order valence-corrected chi connectivity index (χ3v) is 2.74. The van der Waals surface area contributed by atoms with Gasteiger partial charge in [-0.05, 0) is 12.8 Å². The first-order valence-corrected chi connectivity index (χ1v) is 6.17. The topological polar surface area (TPSA) is 56.1 Å². The van der Waals surface area contributed by atoms with E-state index in [9.17, 15) is 4.79 Å². The molecule has 18 heavy (non-hydrogen) atoms. The van der Waals surface area contributed by atoms with Crippen molar-refractivity contribution in [3.8, 4) is 0 Å². The van der Waals surface area contributed by atoms with Gasteiger partial charge in [-0.2, -0.15) is 5.10 Å². The quantitative estimate of drug-likeness (QED) is 0.580. The number of methoxy groups -OCH3 is 1. The van der Waals surface area contributed by atoms with Crippen molar-refractivity contribution in [1.82, 2.24) is 9.78 Å². The van der Waals surface area contributed by atoms with Crippen LogP contribution in [0.1, 0.15) is 12.8 Å². The van der Waals surface area contributed by atoms with Crippen LogP contribution in [0.3, 0.4) is 0 Å². The first kappa shape index (κ1) is 14.7. The zero-order valence-corrected chi connectivity index (χ0v) is 11.2. The summed E-state index contributed by atoms with van der Waals surface area (Å²) in [5.41, 5.74) is 0.262. The van der Waals surface area contributed by atoms with Crippen LogP contribution in [0.2, 0.25) is 5.02 Å². The van der Waals surface area contributed by atoms with Gasteiger partial charge in [0.05, 0.1) is 18.4 Å². The van der Waals surface area contributed by atoms with Crippen molar-refractivity contribution < 1.29 is 4.74 Å². The van der Waals surface area contributed by atoms with Crippen molar-refractivity contribution in [2.24, 2.45) is 0 Å². The van der Waals surface area contributed by atoms with Crippen LogP contribution in [0.25, 0.3) is 0 Å². The number of nitrogens with zero attached hydrogens (tertiary/aromatic N) is 2. The normalized spacial score (nSPS) is 10.3. The standard InChI is InChI=1S/C12H18ClN3O2/c1-3-7-16-12(17)11(13)10(9-15-16)14-6-4-5-8-18-2/h3,9,14H,1,4-8H2,2H3. The fourth-order valence-corrected chi connectivity index (χ4v) is 1.65. The molecule has 0 aliphatic rings. The van der Waals surface area contributed by atoms with E-state index in [4.69, 9.17) is 16.3 Å². The van der Waals surface area contributed by atoms with Crippen LogP contribution in [0, 0.1) is 0 Å². The zero-order valence-electron chi connectivity index (χ0n) is 10.5. The highest BCUT2D eigenvalue weighted by molar-refractivity contribution is 6.32. The Morgan fingerprint density at radius 2 is 2.39 bits per heavy atom. The predicted molar refractivity (Wildman–Crippen MR) is 73.3 cm³/mol. The van der Waals surface area contributed by atoms with Crippen LogP contribution < -0.4 is 10.9 Å². The van der Waals surface area contributed by atoms with Gasteiger partial charge in [-0.15, -0.1) is 6.58 Å². The molecule has 0 spiro atoms. The molecule has 0 amide bonds. The Morgan fingerprint density at radius 3 is 3.06 bits per heavy atom. The molecule has 1 N–H and O–H groups in total. The molecule has 0 saturated carbocycles. The lowest BCUT2D eigenvalue weighted by Gasteiger charge is -2.09. The van der Waals surface area contributed by atoms with Crippen molar-refractivity contribution in [1.29, 1.82) is 0 Å². The lowest BCUT2D eigenvalue weighted by molar-refractivity contribution is 0.194. The minimum absolute atomic E-state index is 0.165. The number of allylic oxidation sites excluding steroid dienone is 1. The molecule has 5 nitrogen and oxygen atoms in total. The number of anilines is 1. The summed E-state index contributed by atoms with van der Waals surface area (Å²) in [6.45, 7) is 5.37. The first-order chi connectivity index (χ1) is 8.70. The molecule has 1 rings (SSSR count). The summed E-state index contributed by atoms with van der Waals surface area (Å²) in [5.74, 6) is 0. The summed E-state index contributed by atoms with van der Waals surface area (Å²) in [6.07, 6.45) is 5.06. The molecule has 0 aliphatic carbocycles. The highest BCUT2D eigenvalue weighted by Crippen LogP contribution is 2.15. The Morgan fingerprint density at radius 1 is 1.61 bits per heavy atom. The molecule has 0 radical (unpaired) electrons. The second-order valence-corrected chi connectivity index (χ2v) is 4.15. The van der Waals surface area contributed by atoms with E-state index in [1.54, 1.807) is 19.4 Å². The number of nitrogens with one attached hydrogen (secondary N) is 1. The summed E-state index contributed by atoms with van der Waals surface area (Å²) in [4.78, 5) is 11.8. The average Bonchev–Trinajstić information content (AvgIpc) is 2.37. The number of hydrogen-bond acceptors (Lipinski definition) is 4. The van der Waals surface area contributed by atoms with Crippen molar-refractivity contribution in [2.75, 3.05) is 25.6 Å². The number of halogens is 1. The Kier molecular flexibility index (Phi) is 6.46. The Bertz CT molecular complexity index is 445. The van der Waals surface area contributed by atoms with E-state index < -0.39 is 0 Å². The van der Waals surface area contributed by atoms with Crippen molar-refractivity contribution >= 4 is 17.3 Å². The third-order valence-electron chi connectivity index (χ3n) is 2.38. The van der Waals surface area contributed by atoms with Gasteiger partial charge >= 0.3 is 0 Å². The third kappa shape index (κ3) is 4.16. The SMILES string of the molecule is C=CCn1ncc(NCCCCOC)c(Cl)c1=O. The van der Waals surface area contributed by atoms with E-state index >= 15 is 0 Å². The highest BCUT2D eigenvalue weighted by atomic mass is 35.5. The van der Waals surface area contributed by atoms with Crippen LogP contribution in [-0.4, -0.2) is 30.0 Å². The van der Waals surface area contributed by atoms with Gasteiger partial charge in [0.1, 0.15) is 5.02 Å². The Labute approximate surface area is 111 Å². The van der Waals surface area contributed by atoms with Crippen LogP contribution in [0.5, 0.6) is 0 Å². The van der Waals surface area contributed by atoms with Crippen molar-refractivity contribution in [3.63, 3.8) is 0 Å². The number of rotatable bonds is 8. The molecule has 1 aromatic heterocycles. The monoisotopic (exact) mass is 271 g/mol. The second kappa shape index (κ2) is 7.89. The lowest BCUT2D eigenvalue weighted by Crippen LogP contribution is -2.23. The van der Waals surface area contributed by atoms with Gasteiger partial charge in [-0.25, -0.2) is 4.68 Å². The molecule has 0 bridgehead atoms. The fourth-order valence-electron chi connectivity index (χ4n) is 1.44. The van der Waals surface area contributed by atoms with E-state index in [0.717, 1.165) is 26.0 Å². The molecule has 1 aromatic rings. The maximum Gasteiger partial charge on any atom is 0.287 e. The molecule has 0 atom stereocenters. The fraction of sp³-hybridized carbons (Fsp3) is 0.500. The minimum atomic E-state index is -0.307. The smallest absolute Gasteiger partial charge is 0.287 e. The predicted octanol–water partition coefficient (Wildman–Crippen LogP) is 1.92. The van der Waals surface area contributed by atoms with Gasteiger partial charge in [-0.3, -0.25) is 4.79 Å². The van der Waals surface area contributed by atoms with Crippen LogP contribution in [0.4, 0.5) is 5.69 Å². The molecular weight excluding hydrogens is 254 g/mol. The molecule has 0 fully saturated rings. The van der Waals surface area contributed by atoms with Gasteiger partial charge in [0.15, 0.2) is 0 Å². The molecule has 1 heterocycles. The maximum atomic E-state index is 11.8. The van der Waals surface area contributed by atoms with E-state index in [1.165, 1.54) is 4.68 Å². The van der Waals surface area contributed by atoms with Crippen molar-refractivity contribution in [3.05, 3.63) is 34.2 Å². The largest absolute Gasteiger partial charge is 0.385 e. The number of unbranched alkanes of at least 4 members (excludes halogenated alkanes) is 1. The van der Waals surface area contributed by atoms with Gasteiger partial charge in [0.25, 0.3) is 5.56 Å². The maximum absolute atomic E-state index is 11.8.